The molecule has 2 aromatic rings. The van der Waals surface area contributed by atoms with Crippen LogP contribution in [0.3, 0.4) is 0 Å². The average molecular weight is 435 g/mol. The van der Waals surface area contributed by atoms with E-state index >= 15 is 0 Å². The Hall–Kier alpha value is -1.11. The maximum atomic E-state index is 12.4. The number of benzene rings is 1. The van der Waals surface area contributed by atoms with E-state index in [1.807, 2.05) is 13.0 Å². The molecule has 0 saturated heterocycles. The van der Waals surface area contributed by atoms with E-state index in [9.17, 15) is 4.79 Å². The second-order valence-corrected chi connectivity index (χ2v) is 6.44. The third-order valence-electron chi connectivity index (χ3n) is 2.77. The van der Waals surface area contributed by atoms with Crippen LogP contribution in [-0.2, 0) is 0 Å². The molecule has 1 aromatic carbocycles. The van der Waals surface area contributed by atoms with E-state index in [1.54, 1.807) is 19.2 Å². The largest absolute Gasteiger partial charge is 0.495 e. The van der Waals surface area contributed by atoms with Gasteiger partial charge in [-0.15, -0.1) is 0 Å². The number of hydrogen-bond donors (Lipinski definition) is 1. The fraction of sp³-hybridized carbons (Fsp3) is 0.143. The van der Waals surface area contributed by atoms with Crippen molar-refractivity contribution >= 4 is 55.1 Å². The molecular weight excluding hydrogens is 423 g/mol. The molecule has 0 aliphatic rings. The number of anilines is 1. The summed E-state index contributed by atoms with van der Waals surface area (Å²) in [5.41, 5.74) is 1.76. The van der Waals surface area contributed by atoms with Gasteiger partial charge in [0, 0.05) is 15.1 Å². The van der Waals surface area contributed by atoms with Gasteiger partial charge in [0.1, 0.15) is 10.9 Å². The normalized spacial score (nSPS) is 10.3. The highest BCUT2D eigenvalue weighted by Gasteiger charge is 2.16. The number of ether oxygens (including phenoxy) is 1. The Bertz CT molecular complexity index is 708. The second kappa shape index (κ2) is 6.77. The molecule has 7 heteroatoms. The van der Waals surface area contributed by atoms with Crippen LogP contribution in [0, 0.1) is 6.92 Å². The lowest BCUT2D eigenvalue weighted by molar-refractivity contribution is 0.102. The highest BCUT2D eigenvalue weighted by molar-refractivity contribution is 9.10. The molecule has 0 atom stereocenters. The Labute approximate surface area is 144 Å². The summed E-state index contributed by atoms with van der Waals surface area (Å²) in [5.74, 6) is 0.215. The molecule has 0 aliphatic carbocycles. The van der Waals surface area contributed by atoms with E-state index in [-0.39, 0.29) is 16.6 Å². The molecule has 0 radical (unpaired) electrons. The number of nitrogens with zero attached hydrogens (tertiary/aromatic N) is 1. The third kappa shape index (κ3) is 3.75. The Morgan fingerprint density at radius 3 is 2.67 bits per heavy atom. The standard InChI is InChI=1S/C14H11Br2ClN2O2/c1-7-3-8(15)5-11(21-2)12(7)19-14(20)10-4-9(16)6-18-13(10)17/h3-6H,1-2H3,(H,19,20). The molecule has 0 spiro atoms. The van der Waals surface area contributed by atoms with Gasteiger partial charge in [-0.1, -0.05) is 27.5 Å². The zero-order valence-electron chi connectivity index (χ0n) is 11.2. The molecule has 0 bridgehead atoms. The van der Waals surface area contributed by atoms with Gasteiger partial charge in [0.25, 0.3) is 5.91 Å². The summed E-state index contributed by atoms with van der Waals surface area (Å²) in [6.07, 6.45) is 1.53. The lowest BCUT2D eigenvalue weighted by Gasteiger charge is -2.14. The highest BCUT2D eigenvalue weighted by atomic mass is 79.9. The molecule has 1 N–H and O–H groups in total. The van der Waals surface area contributed by atoms with Crippen molar-refractivity contribution in [2.75, 3.05) is 12.4 Å². The number of pyridine rings is 1. The molecule has 0 aliphatic heterocycles. The molecule has 2 rings (SSSR count). The molecule has 1 heterocycles. The zero-order chi connectivity index (χ0) is 15.6. The predicted molar refractivity (Wildman–Crippen MR) is 90.3 cm³/mol. The van der Waals surface area contributed by atoms with E-state index in [1.165, 1.54) is 6.20 Å². The molecule has 21 heavy (non-hydrogen) atoms. The maximum absolute atomic E-state index is 12.4. The first-order valence-electron chi connectivity index (χ1n) is 5.89. The zero-order valence-corrected chi connectivity index (χ0v) is 15.1. The van der Waals surface area contributed by atoms with Crippen LogP contribution in [0.2, 0.25) is 5.15 Å². The molecule has 110 valence electrons. The van der Waals surface area contributed by atoms with Crippen molar-refractivity contribution in [3.8, 4) is 5.75 Å². The maximum Gasteiger partial charge on any atom is 0.258 e. The number of aryl methyl sites for hydroxylation is 1. The van der Waals surface area contributed by atoms with Crippen LogP contribution in [0.5, 0.6) is 5.75 Å². The number of nitrogens with one attached hydrogen (secondary N) is 1. The number of amides is 1. The summed E-state index contributed by atoms with van der Waals surface area (Å²) in [6.45, 7) is 1.88. The average Bonchev–Trinajstić information content (AvgIpc) is 2.43. The van der Waals surface area contributed by atoms with Crippen LogP contribution in [0.15, 0.2) is 33.3 Å². The van der Waals surface area contributed by atoms with Crippen molar-refractivity contribution in [1.82, 2.24) is 4.98 Å². The molecule has 1 aromatic heterocycles. The quantitative estimate of drug-likeness (QED) is 0.704. The van der Waals surface area contributed by atoms with Crippen molar-refractivity contribution in [2.45, 2.75) is 6.92 Å². The van der Waals surface area contributed by atoms with Crippen LogP contribution < -0.4 is 10.1 Å². The molecule has 0 saturated carbocycles. The van der Waals surface area contributed by atoms with E-state index in [4.69, 9.17) is 16.3 Å². The fourth-order valence-corrected chi connectivity index (χ4v) is 2.87. The Morgan fingerprint density at radius 1 is 1.29 bits per heavy atom. The minimum atomic E-state index is -0.350. The van der Waals surface area contributed by atoms with Crippen molar-refractivity contribution in [1.29, 1.82) is 0 Å². The first-order chi connectivity index (χ1) is 9.92. The van der Waals surface area contributed by atoms with Crippen molar-refractivity contribution in [3.63, 3.8) is 0 Å². The molecule has 4 nitrogen and oxygen atoms in total. The molecule has 0 fully saturated rings. The number of aromatic nitrogens is 1. The van der Waals surface area contributed by atoms with Gasteiger partial charge in [-0.25, -0.2) is 4.98 Å². The monoisotopic (exact) mass is 432 g/mol. The summed E-state index contributed by atoms with van der Waals surface area (Å²) in [6, 6.07) is 5.29. The minimum Gasteiger partial charge on any atom is -0.495 e. The van der Waals surface area contributed by atoms with Gasteiger partial charge < -0.3 is 10.1 Å². The van der Waals surface area contributed by atoms with Gasteiger partial charge in [-0.05, 0) is 46.6 Å². The number of methoxy groups -OCH3 is 1. The lowest BCUT2D eigenvalue weighted by atomic mass is 10.1. The van der Waals surface area contributed by atoms with E-state index in [2.05, 4.69) is 42.2 Å². The summed E-state index contributed by atoms with van der Waals surface area (Å²) >= 11 is 12.6. The number of hydrogen-bond acceptors (Lipinski definition) is 3. The summed E-state index contributed by atoms with van der Waals surface area (Å²) in [5, 5.41) is 2.95. The van der Waals surface area contributed by atoms with Gasteiger partial charge in [0.05, 0.1) is 18.4 Å². The van der Waals surface area contributed by atoms with Gasteiger partial charge in [0.2, 0.25) is 0 Å². The summed E-state index contributed by atoms with van der Waals surface area (Å²) in [7, 11) is 1.55. The number of rotatable bonds is 3. The third-order valence-corrected chi connectivity index (χ3v) is 3.97. The Morgan fingerprint density at radius 2 is 2.00 bits per heavy atom. The van der Waals surface area contributed by atoms with Gasteiger partial charge in [-0.3, -0.25) is 4.79 Å². The van der Waals surface area contributed by atoms with Crippen molar-refractivity contribution in [2.24, 2.45) is 0 Å². The Kier molecular flexibility index (Phi) is 5.24. The first kappa shape index (κ1) is 16.3. The van der Waals surface area contributed by atoms with E-state index in [0.29, 0.717) is 15.9 Å². The van der Waals surface area contributed by atoms with Crippen LogP contribution in [0.25, 0.3) is 0 Å². The van der Waals surface area contributed by atoms with Crippen molar-refractivity contribution in [3.05, 3.63) is 49.6 Å². The number of carbonyl (C=O) groups is 1. The Balaban J connectivity index is 2.38. The topological polar surface area (TPSA) is 51.2 Å². The van der Waals surface area contributed by atoms with Crippen LogP contribution in [0.1, 0.15) is 15.9 Å². The first-order valence-corrected chi connectivity index (χ1v) is 7.85. The predicted octanol–water partition coefficient (Wildman–Crippen LogP) is 4.83. The minimum absolute atomic E-state index is 0.143. The lowest BCUT2D eigenvalue weighted by Crippen LogP contribution is -2.14. The SMILES string of the molecule is COc1cc(Br)cc(C)c1NC(=O)c1cc(Br)cnc1Cl. The smallest absolute Gasteiger partial charge is 0.258 e. The number of carbonyl (C=O) groups excluding carboxylic acids is 1. The number of halogens is 3. The van der Waals surface area contributed by atoms with Crippen LogP contribution >= 0.6 is 43.5 Å². The van der Waals surface area contributed by atoms with E-state index < -0.39 is 0 Å². The molecular formula is C14H11Br2ClN2O2. The van der Waals surface area contributed by atoms with E-state index in [0.717, 1.165) is 10.0 Å². The van der Waals surface area contributed by atoms with Gasteiger partial charge in [-0.2, -0.15) is 0 Å². The highest BCUT2D eigenvalue weighted by Crippen LogP contribution is 2.32. The van der Waals surface area contributed by atoms with Crippen molar-refractivity contribution < 1.29 is 9.53 Å². The van der Waals surface area contributed by atoms with Gasteiger partial charge >= 0.3 is 0 Å². The second-order valence-electron chi connectivity index (χ2n) is 4.25. The summed E-state index contributed by atoms with van der Waals surface area (Å²) in [4.78, 5) is 16.3. The van der Waals surface area contributed by atoms with Gasteiger partial charge in [0.15, 0.2) is 0 Å². The van der Waals surface area contributed by atoms with Crippen LogP contribution in [-0.4, -0.2) is 18.0 Å². The molecule has 0 unspecified atom stereocenters. The van der Waals surface area contributed by atoms with Crippen LogP contribution in [0.4, 0.5) is 5.69 Å². The molecule has 1 amide bonds. The fourth-order valence-electron chi connectivity index (χ4n) is 1.80. The summed E-state index contributed by atoms with van der Waals surface area (Å²) < 4.78 is 6.84.